The summed E-state index contributed by atoms with van der Waals surface area (Å²) in [6.45, 7) is 9.35. The molecule has 0 unspecified atom stereocenters. The number of hydrogen-bond acceptors (Lipinski definition) is 2. The molecule has 3 heteroatoms. The van der Waals surface area contributed by atoms with Crippen LogP contribution in [0.1, 0.15) is 27.7 Å². The molecule has 0 atom stereocenters. The predicted molar refractivity (Wildman–Crippen MR) is 68.1 cm³/mol. The van der Waals surface area contributed by atoms with Crippen molar-refractivity contribution in [3.8, 4) is 0 Å². The Kier molecular flexibility index (Phi) is 4.16. The van der Waals surface area contributed by atoms with E-state index in [9.17, 15) is 4.39 Å². The van der Waals surface area contributed by atoms with Gasteiger partial charge in [0, 0.05) is 12.6 Å². The van der Waals surface area contributed by atoms with Crippen molar-refractivity contribution < 1.29 is 4.39 Å². The van der Waals surface area contributed by atoms with E-state index in [1.807, 2.05) is 6.07 Å². The molecule has 2 N–H and O–H groups in total. The molecule has 16 heavy (non-hydrogen) atoms. The number of benzene rings is 1. The first-order valence-electron chi connectivity index (χ1n) is 5.74. The SMILES string of the molecule is CC(C)CN(c1cccc(F)c1N)C(C)C. The molecule has 0 saturated heterocycles. The highest BCUT2D eigenvalue weighted by Crippen LogP contribution is 2.27. The first kappa shape index (κ1) is 12.8. The zero-order valence-corrected chi connectivity index (χ0v) is 10.5. The molecular weight excluding hydrogens is 203 g/mol. The second-order valence-electron chi connectivity index (χ2n) is 4.81. The van der Waals surface area contributed by atoms with E-state index in [4.69, 9.17) is 5.73 Å². The Bertz CT molecular complexity index is 348. The molecule has 0 fully saturated rings. The van der Waals surface area contributed by atoms with Gasteiger partial charge in [-0.15, -0.1) is 0 Å². The van der Waals surface area contributed by atoms with E-state index in [1.165, 1.54) is 6.07 Å². The summed E-state index contributed by atoms with van der Waals surface area (Å²) in [6.07, 6.45) is 0. The van der Waals surface area contributed by atoms with E-state index in [0.29, 0.717) is 12.0 Å². The van der Waals surface area contributed by atoms with Crippen LogP contribution >= 0.6 is 0 Å². The molecule has 1 aromatic rings. The van der Waals surface area contributed by atoms with Gasteiger partial charge in [-0.25, -0.2) is 4.39 Å². The van der Waals surface area contributed by atoms with Gasteiger partial charge in [0.05, 0.1) is 11.4 Å². The lowest BCUT2D eigenvalue weighted by Crippen LogP contribution is -2.34. The molecule has 90 valence electrons. The first-order chi connectivity index (χ1) is 7.43. The van der Waals surface area contributed by atoms with Gasteiger partial charge in [0.2, 0.25) is 0 Å². The van der Waals surface area contributed by atoms with Gasteiger partial charge in [0.1, 0.15) is 5.82 Å². The molecule has 0 radical (unpaired) electrons. The standard InChI is InChI=1S/C13H21FN2/c1-9(2)8-16(10(3)4)12-7-5-6-11(14)13(12)15/h5-7,9-10H,8,15H2,1-4H3. The molecule has 0 amide bonds. The summed E-state index contributed by atoms with van der Waals surface area (Å²) in [7, 11) is 0. The third kappa shape index (κ3) is 2.87. The fraction of sp³-hybridized carbons (Fsp3) is 0.538. The summed E-state index contributed by atoms with van der Waals surface area (Å²) >= 11 is 0. The van der Waals surface area contributed by atoms with Crippen LogP contribution in [0, 0.1) is 11.7 Å². The van der Waals surface area contributed by atoms with Gasteiger partial charge < -0.3 is 10.6 Å². The van der Waals surface area contributed by atoms with Gasteiger partial charge in [0.15, 0.2) is 0 Å². The Balaban J connectivity index is 3.06. The number of anilines is 2. The van der Waals surface area contributed by atoms with Crippen LogP contribution in [0.25, 0.3) is 0 Å². The lowest BCUT2D eigenvalue weighted by Gasteiger charge is -2.31. The zero-order valence-electron chi connectivity index (χ0n) is 10.5. The Morgan fingerprint density at radius 2 is 1.88 bits per heavy atom. The molecule has 0 aliphatic carbocycles. The van der Waals surface area contributed by atoms with Crippen molar-refractivity contribution in [3.63, 3.8) is 0 Å². The molecule has 0 aliphatic rings. The number of nitrogens with two attached hydrogens (primary N) is 1. The quantitative estimate of drug-likeness (QED) is 0.795. The molecule has 0 heterocycles. The Morgan fingerprint density at radius 3 is 2.38 bits per heavy atom. The van der Waals surface area contributed by atoms with Gasteiger partial charge in [-0.2, -0.15) is 0 Å². The van der Waals surface area contributed by atoms with Crippen LogP contribution < -0.4 is 10.6 Å². The number of nitrogens with zero attached hydrogens (tertiary/aromatic N) is 1. The maximum absolute atomic E-state index is 13.4. The average Bonchev–Trinajstić information content (AvgIpc) is 2.18. The minimum absolute atomic E-state index is 0.247. The van der Waals surface area contributed by atoms with E-state index in [1.54, 1.807) is 6.07 Å². The highest BCUT2D eigenvalue weighted by atomic mass is 19.1. The highest BCUT2D eigenvalue weighted by Gasteiger charge is 2.16. The molecule has 0 aromatic heterocycles. The number of hydrogen-bond donors (Lipinski definition) is 1. The third-order valence-electron chi connectivity index (χ3n) is 2.52. The minimum Gasteiger partial charge on any atom is -0.395 e. The Hall–Kier alpha value is -1.25. The molecule has 1 aromatic carbocycles. The lowest BCUT2D eigenvalue weighted by molar-refractivity contribution is 0.568. The number of nitrogen functional groups attached to an aromatic ring is 1. The van der Waals surface area contributed by atoms with Gasteiger partial charge in [-0.05, 0) is 31.9 Å². The van der Waals surface area contributed by atoms with Crippen molar-refractivity contribution in [1.82, 2.24) is 0 Å². The van der Waals surface area contributed by atoms with Crippen molar-refractivity contribution in [2.24, 2.45) is 5.92 Å². The monoisotopic (exact) mass is 224 g/mol. The lowest BCUT2D eigenvalue weighted by atomic mass is 10.1. The van der Waals surface area contributed by atoms with Gasteiger partial charge in [-0.1, -0.05) is 19.9 Å². The van der Waals surface area contributed by atoms with Crippen LogP contribution in [-0.4, -0.2) is 12.6 Å². The van der Waals surface area contributed by atoms with Crippen molar-refractivity contribution in [1.29, 1.82) is 0 Å². The van der Waals surface area contributed by atoms with E-state index in [-0.39, 0.29) is 11.5 Å². The summed E-state index contributed by atoms with van der Waals surface area (Å²) in [5, 5.41) is 0. The Morgan fingerprint density at radius 1 is 1.25 bits per heavy atom. The van der Waals surface area contributed by atoms with Crippen molar-refractivity contribution >= 4 is 11.4 Å². The van der Waals surface area contributed by atoms with Crippen LogP contribution in [0.15, 0.2) is 18.2 Å². The van der Waals surface area contributed by atoms with E-state index < -0.39 is 0 Å². The summed E-state index contributed by atoms with van der Waals surface area (Å²) in [5.41, 5.74) is 6.82. The second-order valence-corrected chi connectivity index (χ2v) is 4.81. The van der Waals surface area contributed by atoms with E-state index >= 15 is 0 Å². The van der Waals surface area contributed by atoms with Crippen LogP contribution in [-0.2, 0) is 0 Å². The molecule has 2 nitrogen and oxygen atoms in total. The summed E-state index contributed by atoms with van der Waals surface area (Å²) in [5.74, 6) is 0.178. The summed E-state index contributed by atoms with van der Waals surface area (Å²) < 4.78 is 13.4. The fourth-order valence-electron chi connectivity index (χ4n) is 1.76. The number of para-hydroxylation sites is 1. The highest BCUT2D eigenvalue weighted by molar-refractivity contribution is 5.68. The molecule has 1 rings (SSSR count). The second kappa shape index (κ2) is 5.19. The van der Waals surface area contributed by atoms with E-state index in [0.717, 1.165) is 12.2 Å². The topological polar surface area (TPSA) is 29.3 Å². The predicted octanol–water partition coefficient (Wildman–Crippen LogP) is 3.28. The third-order valence-corrected chi connectivity index (χ3v) is 2.52. The normalized spacial score (nSPS) is 11.2. The largest absolute Gasteiger partial charge is 0.395 e. The average molecular weight is 224 g/mol. The van der Waals surface area contributed by atoms with Gasteiger partial charge in [0.25, 0.3) is 0 Å². The molecular formula is C13H21FN2. The first-order valence-corrected chi connectivity index (χ1v) is 5.74. The number of halogens is 1. The minimum atomic E-state index is -0.341. The van der Waals surface area contributed by atoms with E-state index in [2.05, 4.69) is 32.6 Å². The maximum atomic E-state index is 13.4. The molecule has 0 spiro atoms. The van der Waals surface area contributed by atoms with Gasteiger partial charge >= 0.3 is 0 Å². The summed E-state index contributed by atoms with van der Waals surface area (Å²) in [6, 6.07) is 5.29. The molecule has 0 bridgehead atoms. The van der Waals surface area contributed by atoms with Crippen LogP contribution in [0.3, 0.4) is 0 Å². The number of rotatable bonds is 4. The van der Waals surface area contributed by atoms with Crippen LogP contribution in [0.4, 0.5) is 15.8 Å². The molecule has 0 saturated carbocycles. The maximum Gasteiger partial charge on any atom is 0.148 e. The zero-order chi connectivity index (χ0) is 12.3. The summed E-state index contributed by atoms with van der Waals surface area (Å²) in [4.78, 5) is 2.14. The van der Waals surface area contributed by atoms with Gasteiger partial charge in [-0.3, -0.25) is 0 Å². The Labute approximate surface area is 97.3 Å². The van der Waals surface area contributed by atoms with Crippen molar-refractivity contribution in [3.05, 3.63) is 24.0 Å². The molecule has 0 aliphatic heterocycles. The van der Waals surface area contributed by atoms with Crippen molar-refractivity contribution in [2.75, 3.05) is 17.2 Å². The van der Waals surface area contributed by atoms with Crippen molar-refractivity contribution in [2.45, 2.75) is 33.7 Å². The van der Waals surface area contributed by atoms with Crippen LogP contribution in [0.5, 0.6) is 0 Å². The fourth-order valence-corrected chi connectivity index (χ4v) is 1.76. The van der Waals surface area contributed by atoms with Crippen LogP contribution in [0.2, 0.25) is 0 Å². The smallest absolute Gasteiger partial charge is 0.148 e.